The lowest BCUT2D eigenvalue weighted by Crippen LogP contribution is -2.48. The number of rotatable bonds is 7. The van der Waals surface area contributed by atoms with Crippen LogP contribution in [0.2, 0.25) is 0 Å². The van der Waals surface area contributed by atoms with Crippen molar-refractivity contribution in [2.75, 3.05) is 27.9 Å². The van der Waals surface area contributed by atoms with Gasteiger partial charge in [0.2, 0.25) is 5.75 Å². The second-order valence-electron chi connectivity index (χ2n) is 7.23. The first-order chi connectivity index (χ1) is 15.7. The molecule has 0 saturated carbocycles. The normalized spacial score (nSPS) is 17.3. The molecule has 1 saturated heterocycles. The highest BCUT2D eigenvalue weighted by atomic mass is 16.5. The van der Waals surface area contributed by atoms with E-state index in [0.717, 1.165) is 4.90 Å². The van der Waals surface area contributed by atoms with Gasteiger partial charge in [-0.15, -0.1) is 0 Å². The van der Waals surface area contributed by atoms with Crippen LogP contribution in [0.3, 0.4) is 0 Å². The zero-order valence-corrected chi connectivity index (χ0v) is 18.6. The Balaban J connectivity index is 1.65. The van der Waals surface area contributed by atoms with E-state index in [1.54, 1.807) is 37.3 Å². The summed E-state index contributed by atoms with van der Waals surface area (Å²) in [5, 5.41) is 2.61. The average molecular weight is 456 g/mol. The minimum absolute atomic E-state index is 0.122. The summed E-state index contributed by atoms with van der Waals surface area (Å²) < 4.78 is 15.6. The monoisotopic (exact) mass is 456 g/mol. The van der Waals surface area contributed by atoms with E-state index in [9.17, 15) is 19.2 Å². The van der Waals surface area contributed by atoms with E-state index in [0.29, 0.717) is 11.3 Å². The molecule has 1 aliphatic rings. The molecule has 0 radical (unpaired) electrons. The van der Waals surface area contributed by atoms with Crippen molar-refractivity contribution in [2.45, 2.75) is 12.5 Å². The SMILES string of the molecule is COc1cc(C(=O)NNC(=O)CN2C(=O)NC(C)(c3ccccc3)C2=O)cc(OC)c1OC. The van der Waals surface area contributed by atoms with Gasteiger partial charge in [0.05, 0.1) is 21.3 Å². The molecule has 11 heteroatoms. The van der Waals surface area contributed by atoms with E-state index < -0.39 is 35.8 Å². The molecular weight excluding hydrogens is 432 g/mol. The molecule has 1 unspecified atom stereocenters. The van der Waals surface area contributed by atoms with Gasteiger partial charge in [0.1, 0.15) is 12.1 Å². The van der Waals surface area contributed by atoms with Crippen LogP contribution in [0.4, 0.5) is 4.79 Å². The number of nitrogens with one attached hydrogen (secondary N) is 3. The van der Waals surface area contributed by atoms with E-state index in [2.05, 4.69) is 16.2 Å². The third kappa shape index (κ3) is 4.52. The number of carbonyl (C=O) groups is 4. The number of hydrogen-bond donors (Lipinski definition) is 3. The topological polar surface area (TPSA) is 135 Å². The number of urea groups is 1. The molecule has 1 aliphatic heterocycles. The van der Waals surface area contributed by atoms with Crippen LogP contribution >= 0.6 is 0 Å². The van der Waals surface area contributed by atoms with Crippen molar-refractivity contribution >= 4 is 23.8 Å². The van der Waals surface area contributed by atoms with Gasteiger partial charge in [0.15, 0.2) is 11.5 Å². The van der Waals surface area contributed by atoms with Gasteiger partial charge < -0.3 is 19.5 Å². The standard InChI is InChI=1S/C22H24N4O7/c1-22(14-8-6-5-7-9-14)20(29)26(21(30)23-22)12-17(27)24-25-19(28)13-10-15(31-2)18(33-4)16(11-13)32-3/h5-11H,12H2,1-4H3,(H,23,30)(H,24,27)(H,25,28). The van der Waals surface area contributed by atoms with Gasteiger partial charge in [0.25, 0.3) is 17.7 Å². The molecule has 1 heterocycles. The molecule has 1 fully saturated rings. The smallest absolute Gasteiger partial charge is 0.325 e. The minimum atomic E-state index is -1.29. The fourth-order valence-electron chi connectivity index (χ4n) is 3.40. The summed E-state index contributed by atoms with van der Waals surface area (Å²) in [6.07, 6.45) is 0. The molecular formula is C22H24N4O7. The van der Waals surface area contributed by atoms with Crippen LogP contribution in [-0.4, -0.2) is 56.5 Å². The second kappa shape index (κ2) is 9.47. The number of hydrazine groups is 1. The fourth-order valence-corrected chi connectivity index (χ4v) is 3.40. The quantitative estimate of drug-likeness (QED) is 0.417. The number of ether oxygens (including phenoxy) is 3. The van der Waals surface area contributed by atoms with Crippen molar-refractivity contribution in [2.24, 2.45) is 0 Å². The third-order valence-electron chi connectivity index (χ3n) is 5.17. The Kier molecular flexibility index (Phi) is 6.71. The lowest BCUT2D eigenvalue weighted by atomic mass is 9.92. The number of amides is 5. The summed E-state index contributed by atoms with van der Waals surface area (Å²) in [4.78, 5) is 50.9. The summed E-state index contributed by atoms with van der Waals surface area (Å²) in [6.45, 7) is 0.981. The highest BCUT2D eigenvalue weighted by molar-refractivity contribution is 6.09. The van der Waals surface area contributed by atoms with Gasteiger partial charge in [-0.05, 0) is 24.6 Å². The van der Waals surface area contributed by atoms with Crippen LogP contribution < -0.4 is 30.4 Å². The predicted octanol–water partition coefficient (Wildman–Crippen LogP) is 0.941. The largest absolute Gasteiger partial charge is 0.493 e. The molecule has 174 valence electrons. The number of hydrogen-bond acceptors (Lipinski definition) is 7. The first kappa shape index (κ1) is 23.4. The van der Waals surface area contributed by atoms with Crippen molar-refractivity contribution in [3.05, 3.63) is 53.6 Å². The van der Waals surface area contributed by atoms with Gasteiger partial charge in [-0.1, -0.05) is 30.3 Å². The zero-order valence-electron chi connectivity index (χ0n) is 18.6. The summed E-state index contributed by atoms with van der Waals surface area (Å²) in [7, 11) is 4.24. The van der Waals surface area contributed by atoms with Crippen molar-refractivity contribution in [1.29, 1.82) is 0 Å². The Bertz CT molecular complexity index is 1060. The van der Waals surface area contributed by atoms with Crippen LogP contribution in [0.15, 0.2) is 42.5 Å². The Morgan fingerprint density at radius 2 is 1.58 bits per heavy atom. The molecule has 11 nitrogen and oxygen atoms in total. The Morgan fingerprint density at radius 3 is 2.12 bits per heavy atom. The lowest BCUT2D eigenvalue weighted by molar-refractivity contribution is -0.135. The van der Waals surface area contributed by atoms with Crippen molar-refractivity contribution < 1.29 is 33.4 Å². The molecule has 33 heavy (non-hydrogen) atoms. The highest BCUT2D eigenvalue weighted by Crippen LogP contribution is 2.38. The molecule has 3 N–H and O–H groups in total. The van der Waals surface area contributed by atoms with Crippen molar-refractivity contribution in [1.82, 2.24) is 21.1 Å². The van der Waals surface area contributed by atoms with Crippen LogP contribution in [0.25, 0.3) is 0 Å². The summed E-state index contributed by atoms with van der Waals surface area (Å²) in [5.74, 6) is -1.20. The number of carbonyl (C=O) groups excluding carboxylic acids is 4. The number of benzene rings is 2. The van der Waals surface area contributed by atoms with Gasteiger partial charge in [-0.2, -0.15) is 0 Å². The van der Waals surface area contributed by atoms with Crippen LogP contribution in [-0.2, 0) is 15.1 Å². The van der Waals surface area contributed by atoms with Gasteiger partial charge in [-0.3, -0.25) is 30.1 Å². The van der Waals surface area contributed by atoms with E-state index >= 15 is 0 Å². The van der Waals surface area contributed by atoms with Crippen LogP contribution in [0, 0.1) is 0 Å². The van der Waals surface area contributed by atoms with Gasteiger partial charge in [0, 0.05) is 5.56 Å². The van der Waals surface area contributed by atoms with Crippen molar-refractivity contribution in [3.63, 3.8) is 0 Å². The summed E-state index contributed by atoms with van der Waals surface area (Å²) >= 11 is 0. The van der Waals surface area contributed by atoms with E-state index in [4.69, 9.17) is 14.2 Å². The molecule has 1 atom stereocenters. The molecule has 5 amide bonds. The molecule has 3 rings (SSSR count). The molecule has 0 spiro atoms. The van der Waals surface area contributed by atoms with Crippen molar-refractivity contribution in [3.8, 4) is 17.2 Å². The lowest BCUT2D eigenvalue weighted by Gasteiger charge is -2.22. The second-order valence-corrected chi connectivity index (χ2v) is 7.23. The first-order valence-corrected chi connectivity index (χ1v) is 9.84. The molecule has 0 aliphatic carbocycles. The van der Waals surface area contributed by atoms with Gasteiger partial charge in [-0.25, -0.2) is 4.79 Å². The maximum atomic E-state index is 12.9. The number of methoxy groups -OCH3 is 3. The Morgan fingerprint density at radius 1 is 0.970 bits per heavy atom. The van der Waals surface area contributed by atoms with E-state index in [1.807, 2.05) is 0 Å². The fraction of sp³-hybridized carbons (Fsp3) is 0.273. The van der Waals surface area contributed by atoms with Crippen LogP contribution in [0.1, 0.15) is 22.8 Å². The third-order valence-corrected chi connectivity index (χ3v) is 5.17. The summed E-state index contributed by atoms with van der Waals surface area (Å²) in [6, 6.07) is 10.8. The predicted molar refractivity (Wildman–Crippen MR) is 116 cm³/mol. The maximum absolute atomic E-state index is 12.9. The molecule has 2 aromatic rings. The van der Waals surface area contributed by atoms with Gasteiger partial charge >= 0.3 is 6.03 Å². The van der Waals surface area contributed by atoms with Crippen LogP contribution in [0.5, 0.6) is 17.2 Å². The number of imide groups is 1. The summed E-state index contributed by atoms with van der Waals surface area (Å²) in [5.41, 5.74) is 3.84. The molecule has 2 aromatic carbocycles. The first-order valence-electron chi connectivity index (χ1n) is 9.84. The zero-order chi connectivity index (χ0) is 24.2. The number of nitrogens with zero attached hydrogens (tertiary/aromatic N) is 1. The minimum Gasteiger partial charge on any atom is -0.493 e. The molecule has 0 aromatic heterocycles. The Hall–Kier alpha value is -4.28. The molecule has 0 bridgehead atoms. The highest BCUT2D eigenvalue weighted by Gasteiger charge is 2.49. The van der Waals surface area contributed by atoms with E-state index in [-0.39, 0.29) is 17.1 Å². The Labute approximate surface area is 189 Å². The average Bonchev–Trinajstić information content (AvgIpc) is 3.05. The maximum Gasteiger partial charge on any atom is 0.325 e. The van der Waals surface area contributed by atoms with E-state index in [1.165, 1.54) is 33.5 Å².